The highest BCUT2D eigenvalue weighted by atomic mass is 16.5. The van der Waals surface area contributed by atoms with Gasteiger partial charge >= 0.3 is 0 Å². The van der Waals surface area contributed by atoms with E-state index in [2.05, 4.69) is 27.6 Å². The van der Waals surface area contributed by atoms with E-state index in [1.807, 2.05) is 30.3 Å². The number of hydrogen-bond donors (Lipinski definition) is 2. The Labute approximate surface area is 244 Å². The first kappa shape index (κ1) is 27.7. The van der Waals surface area contributed by atoms with Crippen LogP contribution in [0.5, 0.6) is 11.5 Å². The number of rotatable bonds is 9. The number of methoxy groups -OCH3 is 1. The number of likely N-dealkylation sites (tertiary alicyclic amines) is 1. The lowest BCUT2D eigenvalue weighted by molar-refractivity contribution is 0.0916. The van der Waals surface area contributed by atoms with Gasteiger partial charge in [-0.15, -0.1) is 0 Å². The molecule has 218 valence electrons. The van der Waals surface area contributed by atoms with E-state index in [-0.39, 0.29) is 17.5 Å². The largest absolute Gasteiger partial charge is 0.495 e. The Kier molecular flexibility index (Phi) is 7.80. The van der Waals surface area contributed by atoms with Crippen LogP contribution in [-0.4, -0.2) is 65.2 Å². The van der Waals surface area contributed by atoms with Gasteiger partial charge in [0.15, 0.2) is 5.75 Å². The third-order valence-electron chi connectivity index (χ3n) is 8.08. The summed E-state index contributed by atoms with van der Waals surface area (Å²) in [6.07, 6.45) is 5.74. The number of piperidine rings is 1. The summed E-state index contributed by atoms with van der Waals surface area (Å²) in [6, 6.07) is 15.1. The van der Waals surface area contributed by atoms with Crippen LogP contribution < -0.4 is 25.7 Å². The van der Waals surface area contributed by atoms with Crippen molar-refractivity contribution in [2.24, 2.45) is 13.0 Å². The maximum Gasteiger partial charge on any atom is 0.293 e. The summed E-state index contributed by atoms with van der Waals surface area (Å²) in [5, 5.41) is 6.40. The Morgan fingerprint density at radius 3 is 2.52 bits per heavy atom. The van der Waals surface area contributed by atoms with Gasteiger partial charge in [-0.25, -0.2) is 9.97 Å². The summed E-state index contributed by atoms with van der Waals surface area (Å²) in [7, 11) is 5.37. The lowest BCUT2D eigenvalue weighted by atomic mass is 10.0. The molecule has 4 aromatic rings. The van der Waals surface area contributed by atoms with Crippen molar-refractivity contribution in [1.29, 1.82) is 0 Å². The second-order valence-corrected chi connectivity index (χ2v) is 11.2. The number of fused-ring (bicyclic) bond motifs is 1. The molecule has 1 aliphatic heterocycles. The van der Waals surface area contributed by atoms with Gasteiger partial charge in [-0.1, -0.05) is 30.3 Å². The van der Waals surface area contributed by atoms with E-state index in [0.29, 0.717) is 57.8 Å². The van der Waals surface area contributed by atoms with Crippen LogP contribution >= 0.6 is 0 Å². The van der Waals surface area contributed by atoms with Crippen molar-refractivity contribution in [3.8, 4) is 22.6 Å². The zero-order valence-corrected chi connectivity index (χ0v) is 24.2. The summed E-state index contributed by atoms with van der Waals surface area (Å²) >= 11 is 0. The van der Waals surface area contributed by atoms with Crippen molar-refractivity contribution in [2.75, 3.05) is 39.2 Å². The molecular weight excluding hydrogens is 532 g/mol. The second kappa shape index (κ2) is 11.8. The first-order chi connectivity index (χ1) is 20.4. The van der Waals surface area contributed by atoms with Crippen molar-refractivity contribution >= 4 is 28.6 Å². The fraction of sp³-hybridized carbons (Fsp3) is 0.375. The zero-order chi connectivity index (χ0) is 29.2. The fourth-order valence-electron chi connectivity index (χ4n) is 5.31. The summed E-state index contributed by atoms with van der Waals surface area (Å²) in [5.74, 6) is 1.48. The SMILES string of the molecule is COc1cc(C(=O)NC2CCN(C)CC2)ccc1Nc1ncc2c(n1)c(-c1ccccc1)c(OCC1CC1)c(=O)n2C. The fourth-order valence-corrected chi connectivity index (χ4v) is 5.31. The summed E-state index contributed by atoms with van der Waals surface area (Å²) in [6.45, 7) is 2.44. The molecule has 10 nitrogen and oxygen atoms in total. The van der Waals surface area contributed by atoms with Gasteiger partial charge in [0.05, 0.1) is 36.7 Å². The van der Waals surface area contributed by atoms with Gasteiger partial charge in [0.25, 0.3) is 11.5 Å². The molecule has 10 heteroatoms. The average Bonchev–Trinajstić information content (AvgIpc) is 3.84. The van der Waals surface area contributed by atoms with E-state index in [4.69, 9.17) is 14.5 Å². The number of carbonyl (C=O) groups is 1. The summed E-state index contributed by atoms with van der Waals surface area (Å²) in [4.78, 5) is 38.0. The monoisotopic (exact) mass is 568 g/mol. The predicted octanol–water partition coefficient (Wildman–Crippen LogP) is 4.36. The van der Waals surface area contributed by atoms with Crippen LogP contribution in [0.15, 0.2) is 59.5 Å². The minimum Gasteiger partial charge on any atom is -0.495 e. The molecule has 0 unspecified atom stereocenters. The molecule has 1 saturated carbocycles. The van der Waals surface area contributed by atoms with Crippen LogP contribution in [0.3, 0.4) is 0 Å². The zero-order valence-electron chi connectivity index (χ0n) is 24.2. The van der Waals surface area contributed by atoms with Gasteiger partial charge in [-0.05, 0) is 75.5 Å². The normalized spacial score (nSPS) is 15.9. The second-order valence-electron chi connectivity index (χ2n) is 11.2. The molecule has 6 rings (SSSR count). The minimum atomic E-state index is -0.220. The maximum absolute atomic E-state index is 13.4. The van der Waals surface area contributed by atoms with Crippen molar-refractivity contribution in [3.63, 3.8) is 0 Å². The van der Waals surface area contributed by atoms with Gasteiger partial charge in [-0.3, -0.25) is 9.59 Å². The molecule has 1 aliphatic carbocycles. The molecule has 1 amide bonds. The molecule has 2 N–H and O–H groups in total. The van der Waals surface area contributed by atoms with E-state index >= 15 is 0 Å². The van der Waals surface area contributed by atoms with Crippen LogP contribution in [0.25, 0.3) is 22.2 Å². The van der Waals surface area contributed by atoms with E-state index in [1.165, 1.54) is 4.57 Å². The molecule has 3 heterocycles. The molecule has 2 aromatic carbocycles. The molecule has 0 spiro atoms. The Hall–Kier alpha value is -4.44. The smallest absolute Gasteiger partial charge is 0.293 e. The van der Waals surface area contributed by atoms with Crippen LogP contribution in [0.4, 0.5) is 11.6 Å². The number of nitrogens with one attached hydrogen (secondary N) is 2. The van der Waals surface area contributed by atoms with Gasteiger partial charge in [-0.2, -0.15) is 0 Å². The summed E-state index contributed by atoms with van der Waals surface area (Å²) < 4.78 is 13.3. The number of aromatic nitrogens is 3. The van der Waals surface area contributed by atoms with Crippen molar-refractivity contribution < 1.29 is 14.3 Å². The van der Waals surface area contributed by atoms with Crippen molar-refractivity contribution in [3.05, 3.63) is 70.6 Å². The average molecular weight is 569 g/mol. The number of carbonyl (C=O) groups excluding carboxylic acids is 1. The molecule has 0 radical (unpaired) electrons. The van der Waals surface area contributed by atoms with Gasteiger partial charge in [0.1, 0.15) is 11.3 Å². The number of anilines is 2. The number of amides is 1. The van der Waals surface area contributed by atoms with Crippen LogP contribution in [-0.2, 0) is 7.05 Å². The highest BCUT2D eigenvalue weighted by Gasteiger charge is 2.26. The van der Waals surface area contributed by atoms with Crippen LogP contribution in [0.2, 0.25) is 0 Å². The lowest BCUT2D eigenvalue weighted by Gasteiger charge is -2.29. The first-order valence-corrected chi connectivity index (χ1v) is 14.4. The predicted molar refractivity (Wildman–Crippen MR) is 163 cm³/mol. The van der Waals surface area contributed by atoms with E-state index in [1.54, 1.807) is 38.6 Å². The third-order valence-corrected chi connectivity index (χ3v) is 8.08. The minimum absolute atomic E-state index is 0.122. The van der Waals surface area contributed by atoms with E-state index < -0.39 is 0 Å². The van der Waals surface area contributed by atoms with Gasteiger partial charge in [0, 0.05) is 18.7 Å². The van der Waals surface area contributed by atoms with Gasteiger partial charge < -0.3 is 29.6 Å². The molecule has 2 aromatic heterocycles. The first-order valence-electron chi connectivity index (χ1n) is 14.4. The Morgan fingerprint density at radius 1 is 1.05 bits per heavy atom. The van der Waals surface area contributed by atoms with Gasteiger partial charge in [0.2, 0.25) is 5.95 Å². The molecular formula is C32H36N6O4. The van der Waals surface area contributed by atoms with Crippen LogP contribution in [0, 0.1) is 5.92 Å². The number of hydrogen-bond acceptors (Lipinski definition) is 8. The molecule has 2 aliphatic rings. The number of benzene rings is 2. The van der Waals surface area contributed by atoms with E-state index in [0.717, 1.165) is 44.3 Å². The summed E-state index contributed by atoms with van der Waals surface area (Å²) in [5.41, 5.74) is 3.59. The van der Waals surface area contributed by atoms with E-state index in [9.17, 15) is 9.59 Å². The van der Waals surface area contributed by atoms with Crippen LogP contribution in [0.1, 0.15) is 36.0 Å². The molecule has 2 fully saturated rings. The highest BCUT2D eigenvalue weighted by molar-refractivity contribution is 5.96. The quantitative estimate of drug-likeness (QED) is 0.307. The number of nitrogens with zero attached hydrogens (tertiary/aromatic N) is 4. The Morgan fingerprint density at radius 2 is 1.81 bits per heavy atom. The Bertz CT molecular complexity index is 1660. The molecule has 1 saturated heterocycles. The number of aryl methyl sites for hydroxylation is 1. The molecule has 0 bridgehead atoms. The molecule has 0 atom stereocenters. The molecule has 42 heavy (non-hydrogen) atoms. The van der Waals surface area contributed by atoms with Crippen molar-refractivity contribution in [1.82, 2.24) is 24.8 Å². The number of pyridine rings is 1. The number of ether oxygens (including phenoxy) is 2. The Balaban J connectivity index is 1.32. The third kappa shape index (κ3) is 5.80. The topological polar surface area (TPSA) is 111 Å². The van der Waals surface area contributed by atoms with Crippen molar-refractivity contribution in [2.45, 2.75) is 31.7 Å². The maximum atomic E-state index is 13.4. The highest BCUT2D eigenvalue weighted by Crippen LogP contribution is 2.36. The lowest BCUT2D eigenvalue weighted by Crippen LogP contribution is -2.43. The standard InChI is InChI=1S/C32H36N6O4/c1-37-15-13-23(14-16-37)34-30(39)22-11-12-24(26(17-22)41-3)35-32-33-18-25-28(36-32)27(21-7-5-4-6-8-21)29(31(40)38(25)2)42-19-20-9-10-20/h4-8,11-12,17-18,20,23H,9-10,13-16,19H2,1-3H3,(H,34,39)(H,33,35,36).